The lowest BCUT2D eigenvalue weighted by molar-refractivity contribution is 0.0955. The predicted octanol–water partition coefficient (Wildman–Crippen LogP) is 7.60. The summed E-state index contributed by atoms with van der Waals surface area (Å²) in [6, 6.07) is 26.6. The second kappa shape index (κ2) is 10.1. The summed E-state index contributed by atoms with van der Waals surface area (Å²) in [5.74, 6) is -0.233. The molecule has 35 heavy (non-hydrogen) atoms. The molecular weight excluding hydrogens is 501 g/mol. The van der Waals surface area contributed by atoms with E-state index in [1.54, 1.807) is 12.3 Å². The van der Waals surface area contributed by atoms with Crippen molar-refractivity contribution in [2.45, 2.75) is 6.42 Å². The van der Waals surface area contributed by atoms with Crippen molar-refractivity contribution in [3.8, 4) is 22.5 Å². The van der Waals surface area contributed by atoms with Crippen LogP contribution < -0.4 is 5.32 Å². The average molecular weight is 521 g/mol. The Balaban J connectivity index is 1.59. The van der Waals surface area contributed by atoms with Gasteiger partial charge in [0.05, 0.1) is 22.0 Å². The highest BCUT2D eigenvalue weighted by Gasteiger charge is 2.21. The zero-order chi connectivity index (χ0) is 24.4. The maximum Gasteiger partial charge on any atom is 0.255 e. The summed E-state index contributed by atoms with van der Waals surface area (Å²) in [5.41, 5.74) is 5.35. The van der Waals surface area contributed by atoms with Gasteiger partial charge in [0.2, 0.25) is 0 Å². The number of amides is 1. The highest BCUT2D eigenvalue weighted by Crippen LogP contribution is 2.35. The number of fused-ring (bicyclic) bond motifs is 1. The van der Waals surface area contributed by atoms with Crippen LogP contribution in [-0.4, -0.2) is 21.8 Å². The second-order valence-corrected chi connectivity index (χ2v) is 9.39. The van der Waals surface area contributed by atoms with Gasteiger partial charge in [-0.2, -0.15) is 0 Å². The number of hydrogen-bond acceptors (Lipinski definition) is 2. The van der Waals surface area contributed by atoms with Crippen molar-refractivity contribution >= 4 is 46.4 Å². The Morgan fingerprint density at radius 3 is 2.09 bits per heavy atom. The molecule has 2 heterocycles. The third-order valence-electron chi connectivity index (χ3n) is 5.71. The van der Waals surface area contributed by atoms with Crippen molar-refractivity contribution in [1.82, 2.24) is 14.7 Å². The smallest absolute Gasteiger partial charge is 0.255 e. The van der Waals surface area contributed by atoms with E-state index in [1.807, 2.05) is 83.3 Å². The van der Waals surface area contributed by atoms with Crippen LogP contribution in [0.3, 0.4) is 0 Å². The van der Waals surface area contributed by atoms with Gasteiger partial charge in [0.25, 0.3) is 5.91 Å². The summed E-state index contributed by atoms with van der Waals surface area (Å²) in [7, 11) is 0. The zero-order valence-corrected chi connectivity index (χ0v) is 20.8. The number of carbonyl (C=O) groups is 1. The predicted molar refractivity (Wildman–Crippen MR) is 144 cm³/mol. The number of aromatic nitrogens is 2. The Kier molecular flexibility index (Phi) is 6.78. The summed E-state index contributed by atoms with van der Waals surface area (Å²) in [6.45, 7) is 0.496. The molecule has 174 valence electrons. The van der Waals surface area contributed by atoms with Gasteiger partial charge in [0.1, 0.15) is 0 Å². The number of halogens is 3. The van der Waals surface area contributed by atoms with Gasteiger partial charge < -0.3 is 5.32 Å². The molecule has 0 unspecified atom stereocenters. The quantitative estimate of drug-likeness (QED) is 0.250. The maximum atomic E-state index is 13.2. The standard InChI is InChI=1S/C28H20Cl3N3O/c29-21-10-6-19(7-11-21)25-26(20-8-12-22(30)13-9-20)34-17-23(31)16-24(27(34)33-25)28(35)32-15-14-18-4-2-1-3-5-18/h1-13,16-17H,14-15H2,(H,32,35). The molecule has 1 N–H and O–H groups in total. The van der Waals surface area contributed by atoms with Crippen LogP contribution in [0, 0.1) is 0 Å². The molecule has 7 heteroatoms. The van der Waals surface area contributed by atoms with E-state index >= 15 is 0 Å². The van der Waals surface area contributed by atoms with Gasteiger partial charge in [-0.15, -0.1) is 0 Å². The third-order valence-corrected chi connectivity index (χ3v) is 6.42. The lowest BCUT2D eigenvalue weighted by Crippen LogP contribution is -2.26. The monoisotopic (exact) mass is 519 g/mol. The summed E-state index contributed by atoms with van der Waals surface area (Å²) >= 11 is 18.8. The van der Waals surface area contributed by atoms with Gasteiger partial charge >= 0.3 is 0 Å². The Morgan fingerprint density at radius 2 is 1.43 bits per heavy atom. The fraction of sp³-hybridized carbons (Fsp3) is 0.0714. The van der Waals surface area contributed by atoms with E-state index in [1.165, 1.54) is 0 Å². The molecule has 0 fully saturated rings. The van der Waals surface area contributed by atoms with Gasteiger partial charge in [-0.05, 0) is 42.3 Å². The molecule has 0 atom stereocenters. The number of rotatable bonds is 6. The Morgan fingerprint density at radius 1 is 0.800 bits per heavy atom. The fourth-order valence-electron chi connectivity index (χ4n) is 4.03. The van der Waals surface area contributed by atoms with Crippen LogP contribution in [-0.2, 0) is 6.42 Å². The van der Waals surface area contributed by atoms with Crippen molar-refractivity contribution in [3.05, 3.63) is 117 Å². The highest BCUT2D eigenvalue weighted by molar-refractivity contribution is 6.31. The van der Waals surface area contributed by atoms with Crippen molar-refractivity contribution in [2.24, 2.45) is 0 Å². The van der Waals surface area contributed by atoms with Gasteiger partial charge in [0, 0.05) is 33.9 Å². The normalized spacial score (nSPS) is 11.1. The first-order valence-electron chi connectivity index (χ1n) is 11.1. The average Bonchev–Trinajstić information content (AvgIpc) is 3.24. The van der Waals surface area contributed by atoms with Crippen LogP contribution in [0.15, 0.2) is 91.1 Å². The Bertz CT molecular complexity index is 1500. The summed E-state index contributed by atoms with van der Waals surface area (Å²) in [4.78, 5) is 18.1. The molecule has 4 nitrogen and oxygen atoms in total. The largest absolute Gasteiger partial charge is 0.352 e. The van der Waals surface area contributed by atoms with Gasteiger partial charge in [0.15, 0.2) is 5.65 Å². The number of nitrogens with zero attached hydrogens (tertiary/aromatic N) is 2. The minimum absolute atomic E-state index is 0.233. The minimum atomic E-state index is -0.233. The van der Waals surface area contributed by atoms with Crippen LogP contribution in [0.1, 0.15) is 15.9 Å². The number of pyridine rings is 1. The molecule has 0 aliphatic carbocycles. The van der Waals surface area contributed by atoms with Crippen molar-refractivity contribution in [1.29, 1.82) is 0 Å². The maximum absolute atomic E-state index is 13.2. The van der Waals surface area contributed by atoms with Gasteiger partial charge in [-0.1, -0.05) is 89.4 Å². The zero-order valence-electron chi connectivity index (χ0n) is 18.5. The van der Waals surface area contributed by atoms with E-state index in [2.05, 4.69) is 5.32 Å². The van der Waals surface area contributed by atoms with Crippen molar-refractivity contribution in [3.63, 3.8) is 0 Å². The van der Waals surface area contributed by atoms with Crippen LogP contribution in [0.2, 0.25) is 15.1 Å². The van der Waals surface area contributed by atoms with Crippen molar-refractivity contribution < 1.29 is 4.79 Å². The first kappa shape index (κ1) is 23.4. The molecule has 3 aromatic carbocycles. The molecule has 0 saturated carbocycles. The molecule has 5 rings (SSSR count). The van der Waals surface area contributed by atoms with E-state index in [-0.39, 0.29) is 5.91 Å². The van der Waals surface area contributed by atoms with Crippen LogP contribution in [0.5, 0.6) is 0 Å². The molecule has 1 amide bonds. The number of nitrogens with one attached hydrogen (secondary N) is 1. The lowest BCUT2D eigenvalue weighted by atomic mass is 10.0. The van der Waals surface area contributed by atoms with Gasteiger partial charge in [-0.25, -0.2) is 4.98 Å². The molecule has 2 aromatic heterocycles. The van der Waals surface area contributed by atoms with E-state index < -0.39 is 0 Å². The first-order valence-corrected chi connectivity index (χ1v) is 12.2. The van der Waals surface area contributed by atoms with Crippen LogP contribution in [0.4, 0.5) is 0 Å². The molecule has 0 saturated heterocycles. The fourth-order valence-corrected chi connectivity index (χ4v) is 4.49. The lowest BCUT2D eigenvalue weighted by Gasteiger charge is -2.09. The van der Waals surface area contributed by atoms with E-state index in [0.29, 0.717) is 38.5 Å². The Labute approximate surface area is 218 Å². The van der Waals surface area contributed by atoms with Crippen molar-refractivity contribution in [2.75, 3.05) is 6.54 Å². The van der Waals surface area contributed by atoms with E-state index in [0.717, 1.165) is 28.8 Å². The topological polar surface area (TPSA) is 46.4 Å². The molecule has 0 aliphatic rings. The molecule has 5 aromatic rings. The van der Waals surface area contributed by atoms with E-state index in [4.69, 9.17) is 39.8 Å². The second-order valence-electron chi connectivity index (χ2n) is 8.08. The number of benzene rings is 3. The SMILES string of the molecule is O=C(NCCc1ccccc1)c1cc(Cl)cn2c(-c3ccc(Cl)cc3)c(-c3ccc(Cl)cc3)nc12. The molecule has 0 spiro atoms. The van der Waals surface area contributed by atoms with Crippen LogP contribution in [0.25, 0.3) is 28.2 Å². The minimum Gasteiger partial charge on any atom is -0.352 e. The number of carbonyl (C=O) groups excluding carboxylic acids is 1. The molecule has 0 aliphatic heterocycles. The molecule has 0 bridgehead atoms. The Hall–Kier alpha value is -3.31. The van der Waals surface area contributed by atoms with Gasteiger partial charge in [-0.3, -0.25) is 9.20 Å². The summed E-state index contributed by atoms with van der Waals surface area (Å²) in [5, 5.41) is 4.70. The molecule has 0 radical (unpaired) electrons. The third kappa shape index (κ3) is 5.06. The van der Waals surface area contributed by atoms with E-state index in [9.17, 15) is 4.79 Å². The van der Waals surface area contributed by atoms with Crippen LogP contribution >= 0.6 is 34.8 Å². The summed E-state index contributed by atoms with van der Waals surface area (Å²) < 4.78 is 1.86. The highest BCUT2D eigenvalue weighted by atomic mass is 35.5. The number of imidazole rings is 1. The molecular formula is C28H20Cl3N3O. The first-order chi connectivity index (χ1) is 17.0. The number of hydrogen-bond donors (Lipinski definition) is 1. The summed E-state index contributed by atoms with van der Waals surface area (Å²) in [6.07, 6.45) is 2.50.